The molecule has 0 fully saturated rings. The zero-order valence-electron chi connectivity index (χ0n) is 10.3. The highest BCUT2D eigenvalue weighted by Gasteiger charge is 2.01. The maximum absolute atomic E-state index is 11.1. The number of nitrogens with zero attached hydrogens (tertiary/aromatic N) is 1. The third-order valence-corrected chi connectivity index (χ3v) is 2.45. The third-order valence-electron chi connectivity index (χ3n) is 2.22. The summed E-state index contributed by atoms with van der Waals surface area (Å²) in [5.41, 5.74) is 6.20. The van der Waals surface area contributed by atoms with Crippen molar-refractivity contribution >= 4 is 29.0 Å². The molecule has 0 atom stereocenters. The molecule has 1 rings (SSSR count). The molecule has 6 heteroatoms. The lowest BCUT2D eigenvalue weighted by atomic mass is 10.3. The van der Waals surface area contributed by atoms with Gasteiger partial charge < -0.3 is 15.8 Å². The zero-order chi connectivity index (χ0) is 13.4. The lowest BCUT2D eigenvalue weighted by Crippen LogP contribution is -2.11. The van der Waals surface area contributed by atoms with Crippen molar-refractivity contribution in [1.29, 1.82) is 0 Å². The van der Waals surface area contributed by atoms with Gasteiger partial charge in [0.05, 0.1) is 6.61 Å². The Bertz CT molecular complexity index is 406. The predicted molar refractivity (Wildman–Crippen MR) is 74.5 cm³/mol. The zero-order valence-corrected chi connectivity index (χ0v) is 11.1. The second-order valence-electron chi connectivity index (χ2n) is 3.63. The van der Waals surface area contributed by atoms with Gasteiger partial charge in [0.1, 0.15) is 10.8 Å². The van der Waals surface area contributed by atoms with Gasteiger partial charge >= 0.3 is 5.97 Å². The fourth-order valence-electron chi connectivity index (χ4n) is 1.33. The van der Waals surface area contributed by atoms with Crippen LogP contribution in [-0.2, 0) is 9.53 Å². The van der Waals surface area contributed by atoms with Gasteiger partial charge in [0.25, 0.3) is 0 Å². The smallest absolute Gasteiger partial charge is 0.305 e. The van der Waals surface area contributed by atoms with Gasteiger partial charge in [0, 0.05) is 24.7 Å². The van der Waals surface area contributed by atoms with Crippen LogP contribution in [0.1, 0.15) is 25.3 Å². The van der Waals surface area contributed by atoms with Crippen molar-refractivity contribution in [2.24, 2.45) is 5.73 Å². The number of nitrogens with one attached hydrogen (secondary N) is 1. The largest absolute Gasteiger partial charge is 0.466 e. The highest BCUT2D eigenvalue weighted by atomic mass is 32.1. The summed E-state index contributed by atoms with van der Waals surface area (Å²) in [5, 5.41) is 3.11. The first-order valence-corrected chi connectivity index (χ1v) is 6.19. The van der Waals surface area contributed by atoms with Crippen LogP contribution in [0.25, 0.3) is 0 Å². The lowest BCUT2D eigenvalue weighted by Gasteiger charge is -2.06. The van der Waals surface area contributed by atoms with Crippen LogP contribution in [0.4, 0.5) is 5.82 Å². The van der Waals surface area contributed by atoms with E-state index in [9.17, 15) is 4.79 Å². The van der Waals surface area contributed by atoms with Crippen LogP contribution in [0, 0.1) is 0 Å². The van der Waals surface area contributed by atoms with Gasteiger partial charge in [-0.15, -0.1) is 0 Å². The number of anilines is 1. The van der Waals surface area contributed by atoms with Crippen LogP contribution in [0.2, 0.25) is 0 Å². The summed E-state index contributed by atoms with van der Waals surface area (Å²) in [6.45, 7) is 2.88. The Morgan fingerprint density at radius 3 is 2.89 bits per heavy atom. The molecule has 3 N–H and O–H groups in total. The summed E-state index contributed by atoms with van der Waals surface area (Å²) in [7, 11) is 0. The lowest BCUT2D eigenvalue weighted by molar-refractivity contribution is -0.143. The van der Waals surface area contributed by atoms with E-state index < -0.39 is 0 Å². The van der Waals surface area contributed by atoms with Gasteiger partial charge in [-0.1, -0.05) is 12.2 Å². The fourth-order valence-corrected chi connectivity index (χ4v) is 1.45. The van der Waals surface area contributed by atoms with E-state index in [0.717, 1.165) is 11.4 Å². The Labute approximate surface area is 112 Å². The van der Waals surface area contributed by atoms with Gasteiger partial charge in [0.2, 0.25) is 0 Å². The van der Waals surface area contributed by atoms with Crippen molar-refractivity contribution in [3.05, 3.63) is 23.9 Å². The third kappa shape index (κ3) is 5.09. The van der Waals surface area contributed by atoms with Gasteiger partial charge in [-0.25, -0.2) is 4.98 Å². The molecular weight excluding hydrogens is 250 g/mol. The van der Waals surface area contributed by atoms with E-state index in [1.807, 2.05) is 6.07 Å². The summed E-state index contributed by atoms with van der Waals surface area (Å²) in [4.78, 5) is 15.6. The number of ether oxygens (including phenoxy) is 1. The number of rotatable bonds is 7. The molecule has 0 aliphatic carbocycles. The Morgan fingerprint density at radius 2 is 2.33 bits per heavy atom. The minimum Gasteiger partial charge on any atom is -0.466 e. The van der Waals surface area contributed by atoms with Crippen molar-refractivity contribution in [2.45, 2.75) is 19.8 Å². The van der Waals surface area contributed by atoms with Crippen LogP contribution in [0.3, 0.4) is 0 Å². The Kier molecular flexibility index (Phi) is 6.07. The van der Waals surface area contributed by atoms with E-state index in [2.05, 4.69) is 10.3 Å². The highest BCUT2D eigenvalue weighted by molar-refractivity contribution is 7.80. The van der Waals surface area contributed by atoms with E-state index in [1.54, 1.807) is 19.2 Å². The monoisotopic (exact) mass is 267 g/mol. The van der Waals surface area contributed by atoms with Crippen LogP contribution in [0.5, 0.6) is 0 Å². The summed E-state index contributed by atoms with van der Waals surface area (Å²) in [6.07, 6.45) is 2.74. The molecule has 0 bridgehead atoms. The number of thiocarbonyl (C=S) groups is 1. The molecule has 0 saturated heterocycles. The number of esters is 1. The van der Waals surface area contributed by atoms with E-state index in [1.165, 1.54) is 0 Å². The molecule has 5 nitrogen and oxygen atoms in total. The van der Waals surface area contributed by atoms with E-state index in [-0.39, 0.29) is 5.97 Å². The molecular formula is C12H17N3O2S. The second-order valence-corrected chi connectivity index (χ2v) is 4.07. The van der Waals surface area contributed by atoms with Gasteiger partial charge in [-0.3, -0.25) is 4.79 Å². The topological polar surface area (TPSA) is 77.2 Å². The van der Waals surface area contributed by atoms with Crippen molar-refractivity contribution in [3.63, 3.8) is 0 Å². The number of carbonyl (C=O) groups excluding carboxylic acids is 1. The molecule has 1 aromatic rings. The number of pyridine rings is 1. The van der Waals surface area contributed by atoms with Gasteiger partial charge in [-0.05, 0) is 25.5 Å². The molecule has 0 spiro atoms. The Hall–Kier alpha value is -1.69. The van der Waals surface area contributed by atoms with Crippen LogP contribution >= 0.6 is 12.2 Å². The quantitative estimate of drug-likeness (QED) is 0.442. The Balaban J connectivity index is 2.27. The summed E-state index contributed by atoms with van der Waals surface area (Å²) in [6, 6.07) is 3.61. The molecule has 0 saturated carbocycles. The van der Waals surface area contributed by atoms with Crippen LogP contribution in [0.15, 0.2) is 18.3 Å². The van der Waals surface area contributed by atoms with Gasteiger partial charge in [-0.2, -0.15) is 0 Å². The predicted octanol–water partition coefficient (Wildman–Crippen LogP) is 1.47. The summed E-state index contributed by atoms with van der Waals surface area (Å²) < 4.78 is 4.83. The molecule has 18 heavy (non-hydrogen) atoms. The minimum absolute atomic E-state index is 0.170. The molecule has 0 aliphatic rings. The molecule has 1 heterocycles. The van der Waals surface area contributed by atoms with Crippen molar-refractivity contribution in [3.8, 4) is 0 Å². The van der Waals surface area contributed by atoms with E-state index in [0.29, 0.717) is 31.0 Å². The van der Waals surface area contributed by atoms with Crippen molar-refractivity contribution < 1.29 is 9.53 Å². The first-order chi connectivity index (χ1) is 8.63. The average molecular weight is 267 g/mol. The standard InChI is InChI=1S/C12H17N3O2S/c1-2-17-11(16)4-3-7-14-10-6-5-9(8-15-10)12(13)18/h5-6,8H,2-4,7H2,1H3,(H2,13,18)(H,14,15). The number of carbonyl (C=O) groups is 1. The van der Waals surface area contributed by atoms with Crippen LogP contribution in [-0.4, -0.2) is 29.1 Å². The number of hydrogen-bond donors (Lipinski definition) is 2. The maximum atomic E-state index is 11.1. The molecule has 0 aliphatic heterocycles. The van der Waals surface area contributed by atoms with Crippen molar-refractivity contribution in [1.82, 2.24) is 4.98 Å². The molecule has 0 radical (unpaired) electrons. The number of hydrogen-bond acceptors (Lipinski definition) is 5. The van der Waals surface area contributed by atoms with Crippen LogP contribution < -0.4 is 11.1 Å². The summed E-state index contributed by atoms with van der Waals surface area (Å²) >= 11 is 4.83. The van der Waals surface area contributed by atoms with Crippen molar-refractivity contribution in [2.75, 3.05) is 18.5 Å². The molecule has 0 amide bonds. The maximum Gasteiger partial charge on any atom is 0.305 e. The SMILES string of the molecule is CCOC(=O)CCCNc1ccc(C(N)=S)cn1. The normalized spacial score (nSPS) is 9.83. The second kappa shape index (κ2) is 7.60. The van der Waals surface area contributed by atoms with E-state index >= 15 is 0 Å². The molecule has 98 valence electrons. The first-order valence-electron chi connectivity index (χ1n) is 5.79. The molecule has 1 aromatic heterocycles. The minimum atomic E-state index is -0.170. The molecule has 0 aromatic carbocycles. The first kappa shape index (κ1) is 14.4. The average Bonchev–Trinajstić information content (AvgIpc) is 2.35. The Morgan fingerprint density at radius 1 is 1.56 bits per heavy atom. The van der Waals surface area contributed by atoms with Gasteiger partial charge in [0.15, 0.2) is 0 Å². The number of aromatic nitrogens is 1. The number of nitrogens with two attached hydrogens (primary N) is 1. The summed E-state index contributed by atoms with van der Waals surface area (Å²) in [5.74, 6) is 0.565. The highest BCUT2D eigenvalue weighted by Crippen LogP contribution is 2.05. The fraction of sp³-hybridized carbons (Fsp3) is 0.417. The molecule has 0 unspecified atom stereocenters. The van der Waals surface area contributed by atoms with E-state index in [4.69, 9.17) is 22.7 Å².